The molecule has 11 heteroatoms. The molecule has 0 saturated carbocycles. The second kappa shape index (κ2) is 12.6. The molecule has 0 radical (unpaired) electrons. The zero-order valence-corrected chi connectivity index (χ0v) is 21.8. The summed E-state index contributed by atoms with van der Waals surface area (Å²) < 4.78 is 18.1. The van der Waals surface area contributed by atoms with E-state index in [1.807, 2.05) is 0 Å². The molecule has 2 heterocycles. The van der Waals surface area contributed by atoms with E-state index in [4.69, 9.17) is 13.9 Å². The minimum atomic E-state index is -0.599. The number of nitrogens with zero attached hydrogens (tertiary/aromatic N) is 2. The van der Waals surface area contributed by atoms with Gasteiger partial charge in [-0.05, 0) is 49.2 Å². The summed E-state index contributed by atoms with van der Waals surface area (Å²) in [5.74, 6) is 0.998. The lowest BCUT2D eigenvalue weighted by molar-refractivity contribution is -0.121. The molecule has 0 aliphatic carbocycles. The molecule has 0 fully saturated rings. The third-order valence-corrected chi connectivity index (χ3v) is 6.19. The fraction of sp³-hybridized carbons (Fsp3) is 0.286. The zero-order chi connectivity index (χ0) is 27.8. The van der Waals surface area contributed by atoms with Crippen LogP contribution in [0.2, 0.25) is 0 Å². The maximum Gasteiger partial charge on any atom is 0.331 e. The molecule has 2 N–H and O–H groups in total. The summed E-state index contributed by atoms with van der Waals surface area (Å²) in [7, 11) is 3.00. The molecule has 0 atom stereocenters. The lowest BCUT2D eigenvalue weighted by Crippen LogP contribution is -2.41. The normalized spacial score (nSPS) is 10.8. The van der Waals surface area contributed by atoms with Gasteiger partial charge in [0, 0.05) is 19.0 Å². The maximum atomic E-state index is 13.4. The van der Waals surface area contributed by atoms with Gasteiger partial charge in [-0.25, -0.2) is 4.79 Å². The number of fused-ring (bicyclic) bond motifs is 1. The van der Waals surface area contributed by atoms with Gasteiger partial charge in [0.2, 0.25) is 11.8 Å². The molecule has 4 rings (SSSR count). The largest absolute Gasteiger partial charge is 0.497 e. The molecule has 0 saturated heterocycles. The highest BCUT2D eigenvalue weighted by Crippen LogP contribution is 2.29. The van der Waals surface area contributed by atoms with Crippen molar-refractivity contribution in [3.05, 3.63) is 87.5 Å². The van der Waals surface area contributed by atoms with E-state index in [1.54, 1.807) is 54.6 Å². The molecule has 2 amide bonds. The Morgan fingerprint density at radius 2 is 1.74 bits per heavy atom. The number of furan rings is 1. The zero-order valence-electron chi connectivity index (χ0n) is 21.8. The summed E-state index contributed by atoms with van der Waals surface area (Å²) in [6.45, 7) is 0.0943. The van der Waals surface area contributed by atoms with Crippen LogP contribution in [0, 0.1) is 0 Å². The summed E-state index contributed by atoms with van der Waals surface area (Å²) in [5.41, 5.74) is -0.263. The molecule has 0 spiro atoms. The Hall–Kier alpha value is -4.80. The highest BCUT2D eigenvalue weighted by atomic mass is 16.5. The van der Waals surface area contributed by atoms with Crippen molar-refractivity contribution in [1.82, 2.24) is 14.5 Å². The summed E-state index contributed by atoms with van der Waals surface area (Å²) >= 11 is 0. The van der Waals surface area contributed by atoms with Crippen LogP contribution in [0.1, 0.15) is 25.0 Å². The Balaban J connectivity index is 1.47. The quantitative estimate of drug-likeness (QED) is 0.267. The predicted molar refractivity (Wildman–Crippen MR) is 145 cm³/mol. The summed E-state index contributed by atoms with van der Waals surface area (Å²) in [6.07, 6.45) is 2.68. The number of rotatable bonds is 12. The molecule has 0 aliphatic rings. The minimum Gasteiger partial charge on any atom is -0.497 e. The minimum absolute atomic E-state index is 0.113. The SMILES string of the molecule is COc1ccc(NC(=O)Cn2c(=O)n(CCCCC(=O)NCc3ccco3)c(=O)c3ccccc32)c(OC)c1. The highest BCUT2D eigenvalue weighted by Gasteiger charge is 2.17. The van der Waals surface area contributed by atoms with Crippen molar-refractivity contribution in [2.45, 2.75) is 38.9 Å². The molecule has 0 unspecified atom stereocenters. The van der Waals surface area contributed by atoms with Crippen molar-refractivity contribution in [1.29, 1.82) is 0 Å². The molecular formula is C28H30N4O7. The van der Waals surface area contributed by atoms with Crippen LogP contribution in [0.3, 0.4) is 0 Å². The number of carbonyl (C=O) groups excluding carboxylic acids is 2. The van der Waals surface area contributed by atoms with Crippen molar-refractivity contribution in [2.75, 3.05) is 19.5 Å². The number of hydrogen-bond acceptors (Lipinski definition) is 7. The van der Waals surface area contributed by atoms with Gasteiger partial charge in [-0.3, -0.25) is 23.5 Å². The third kappa shape index (κ3) is 6.56. The van der Waals surface area contributed by atoms with E-state index in [0.29, 0.717) is 53.2 Å². The smallest absolute Gasteiger partial charge is 0.331 e. The van der Waals surface area contributed by atoms with Gasteiger partial charge in [-0.1, -0.05) is 12.1 Å². The van der Waals surface area contributed by atoms with Gasteiger partial charge in [-0.15, -0.1) is 0 Å². The average Bonchev–Trinajstić information content (AvgIpc) is 3.48. The van der Waals surface area contributed by atoms with Gasteiger partial charge < -0.3 is 24.5 Å². The topological polar surface area (TPSA) is 134 Å². The first-order valence-electron chi connectivity index (χ1n) is 12.4. The molecule has 11 nitrogen and oxygen atoms in total. The van der Waals surface area contributed by atoms with E-state index in [0.717, 1.165) is 4.57 Å². The van der Waals surface area contributed by atoms with Crippen molar-refractivity contribution in [3.8, 4) is 11.5 Å². The Kier molecular flexibility index (Phi) is 8.82. The Bertz CT molecular complexity index is 1570. The molecule has 2 aromatic carbocycles. The van der Waals surface area contributed by atoms with Crippen molar-refractivity contribution < 1.29 is 23.5 Å². The third-order valence-electron chi connectivity index (χ3n) is 6.19. The molecule has 0 aliphatic heterocycles. The van der Waals surface area contributed by atoms with Crippen molar-refractivity contribution in [3.63, 3.8) is 0 Å². The van der Waals surface area contributed by atoms with Crippen LogP contribution in [-0.2, 0) is 29.2 Å². The average molecular weight is 535 g/mol. The number of benzene rings is 2. The summed E-state index contributed by atoms with van der Waals surface area (Å²) in [5, 5.41) is 5.85. The number of nitrogens with one attached hydrogen (secondary N) is 2. The van der Waals surface area contributed by atoms with Gasteiger partial charge in [0.05, 0.1) is 43.6 Å². The number of hydrogen-bond donors (Lipinski definition) is 2. The molecular weight excluding hydrogens is 504 g/mol. The number of amides is 2. The number of anilines is 1. The fourth-order valence-electron chi connectivity index (χ4n) is 4.20. The van der Waals surface area contributed by atoms with Crippen molar-refractivity contribution >= 4 is 28.4 Å². The number of aromatic nitrogens is 2. The predicted octanol–water partition coefficient (Wildman–Crippen LogP) is 2.90. The maximum absolute atomic E-state index is 13.4. The van der Waals surface area contributed by atoms with Gasteiger partial charge in [-0.2, -0.15) is 0 Å². The first-order chi connectivity index (χ1) is 18.9. The van der Waals surface area contributed by atoms with Crippen LogP contribution in [0.15, 0.2) is 74.9 Å². The first kappa shape index (κ1) is 27.2. The van der Waals surface area contributed by atoms with E-state index in [-0.39, 0.29) is 25.4 Å². The summed E-state index contributed by atoms with van der Waals surface area (Å²) in [6, 6.07) is 15.1. The molecule has 4 aromatic rings. The Morgan fingerprint density at radius 1 is 0.923 bits per heavy atom. The van der Waals surface area contributed by atoms with Crippen LogP contribution >= 0.6 is 0 Å². The number of unbranched alkanes of at least 4 members (excludes halogenated alkanes) is 1. The first-order valence-corrected chi connectivity index (χ1v) is 12.4. The number of para-hydroxylation sites is 1. The molecule has 39 heavy (non-hydrogen) atoms. The van der Waals surface area contributed by atoms with Crippen LogP contribution in [0.25, 0.3) is 10.9 Å². The van der Waals surface area contributed by atoms with Gasteiger partial charge in [0.25, 0.3) is 5.56 Å². The van der Waals surface area contributed by atoms with E-state index in [1.165, 1.54) is 25.0 Å². The molecule has 2 aromatic heterocycles. The lowest BCUT2D eigenvalue weighted by Gasteiger charge is -2.15. The standard InChI is InChI=1S/C28H30N4O7/c1-37-19-12-13-22(24(16-19)38-2)30-26(34)18-32-23-10-4-3-9-21(23)27(35)31(28(32)36)14-6-5-11-25(33)29-17-20-8-7-15-39-20/h3-4,7-10,12-13,15-16H,5-6,11,14,17-18H2,1-2H3,(H,29,33)(H,30,34). The number of methoxy groups -OCH3 is 2. The van der Waals surface area contributed by atoms with Crippen LogP contribution in [0.5, 0.6) is 11.5 Å². The second-order valence-corrected chi connectivity index (χ2v) is 8.77. The number of ether oxygens (including phenoxy) is 2. The Morgan fingerprint density at radius 3 is 2.49 bits per heavy atom. The van der Waals surface area contributed by atoms with Crippen LogP contribution < -0.4 is 31.4 Å². The summed E-state index contributed by atoms with van der Waals surface area (Å²) in [4.78, 5) is 51.6. The van der Waals surface area contributed by atoms with E-state index >= 15 is 0 Å². The van der Waals surface area contributed by atoms with Gasteiger partial charge in [0.1, 0.15) is 23.8 Å². The monoisotopic (exact) mass is 534 g/mol. The lowest BCUT2D eigenvalue weighted by atomic mass is 10.2. The highest BCUT2D eigenvalue weighted by molar-refractivity contribution is 5.93. The van der Waals surface area contributed by atoms with Crippen molar-refractivity contribution in [2.24, 2.45) is 0 Å². The second-order valence-electron chi connectivity index (χ2n) is 8.77. The Labute approximate surface area is 224 Å². The number of carbonyl (C=O) groups is 2. The fourth-order valence-corrected chi connectivity index (χ4v) is 4.20. The molecule has 204 valence electrons. The van der Waals surface area contributed by atoms with Gasteiger partial charge in [0.15, 0.2) is 0 Å². The molecule has 0 bridgehead atoms. The van der Waals surface area contributed by atoms with Crippen LogP contribution in [0.4, 0.5) is 5.69 Å². The van der Waals surface area contributed by atoms with E-state index in [2.05, 4.69) is 10.6 Å². The van der Waals surface area contributed by atoms with E-state index in [9.17, 15) is 19.2 Å². The van der Waals surface area contributed by atoms with Gasteiger partial charge >= 0.3 is 5.69 Å². The van der Waals surface area contributed by atoms with Crippen LogP contribution in [-0.4, -0.2) is 35.2 Å². The van der Waals surface area contributed by atoms with E-state index < -0.39 is 17.2 Å².